The van der Waals surface area contributed by atoms with E-state index >= 15 is 0 Å². The summed E-state index contributed by atoms with van der Waals surface area (Å²) >= 11 is 0. The predicted octanol–water partition coefficient (Wildman–Crippen LogP) is 3.72. The van der Waals surface area contributed by atoms with Crippen LogP contribution in [-0.4, -0.2) is 39.1 Å². The topological polar surface area (TPSA) is 47.6 Å². The Morgan fingerprint density at radius 1 is 1.14 bits per heavy atom. The van der Waals surface area contributed by atoms with Gasteiger partial charge in [0.15, 0.2) is 8.32 Å². The van der Waals surface area contributed by atoms with Gasteiger partial charge in [0, 0.05) is 12.6 Å². The monoisotopic (exact) mass is 317 g/mol. The molecule has 0 aromatic carbocycles. The van der Waals surface area contributed by atoms with Crippen LogP contribution in [0.1, 0.15) is 54.9 Å². The Morgan fingerprint density at radius 3 is 2.05 bits per heavy atom. The van der Waals surface area contributed by atoms with Crippen molar-refractivity contribution in [2.45, 2.75) is 84.7 Å². The maximum Gasteiger partial charge on any atom is 0.320 e. The molecule has 4 nitrogen and oxygen atoms in total. The van der Waals surface area contributed by atoms with Crippen LogP contribution in [0.4, 0.5) is 0 Å². The third kappa shape index (κ3) is 8.59. The SMILES string of the molecule is CCC(CO[Si](C)(C)C(C)(C)C)NCC(=O)OC(C)(C)C. The van der Waals surface area contributed by atoms with Gasteiger partial charge in [-0.25, -0.2) is 0 Å². The molecule has 126 valence electrons. The molecule has 0 saturated carbocycles. The maximum atomic E-state index is 11.7. The number of hydrogen-bond acceptors (Lipinski definition) is 4. The average molecular weight is 318 g/mol. The molecule has 0 spiro atoms. The number of carbonyl (C=O) groups is 1. The summed E-state index contributed by atoms with van der Waals surface area (Å²) in [4.78, 5) is 11.7. The first-order chi connectivity index (χ1) is 9.28. The molecule has 0 aliphatic rings. The van der Waals surface area contributed by atoms with Crippen LogP contribution in [-0.2, 0) is 14.0 Å². The molecule has 0 heterocycles. The first-order valence-electron chi connectivity index (χ1n) is 7.87. The molecule has 0 aliphatic carbocycles. The molecule has 0 rings (SSSR count). The minimum Gasteiger partial charge on any atom is -0.459 e. The lowest BCUT2D eigenvalue weighted by molar-refractivity contribution is -0.153. The molecule has 0 amide bonds. The Hall–Kier alpha value is -0.393. The van der Waals surface area contributed by atoms with Crippen molar-refractivity contribution >= 4 is 14.3 Å². The molecule has 0 fully saturated rings. The summed E-state index contributed by atoms with van der Waals surface area (Å²) in [6, 6.07) is 0.187. The van der Waals surface area contributed by atoms with E-state index in [2.05, 4.69) is 46.1 Å². The minimum atomic E-state index is -1.73. The summed E-state index contributed by atoms with van der Waals surface area (Å²) in [6.45, 7) is 19.8. The van der Waals surface area contributed by atoms with E-state index in [1.54, 1.807) is 0 Å². The zero-order valence-corrected chi connectivity index (χ0v) is 16.4. The van der Waals surface area contributed by atoms with Crippen LogP contribution in [0.15, 0.2) is 0 Å². The fourth-order valence-corrected chi connectivity index (χ4v) is 2.50. The first-order valence-corrected chi connectivity index (χ1v) is 10.8. The van der Waals surface area contributed by atoms with E-state index in [-0.39, 0.29) is 23.6 Å². The van der Waals surface area contributed by atoms with Crippen LogP contribution < -0.4 is 5.32 Å². The second-order valence-corrected chi connectivity index (χ2v) is 13.0. The quantitative estimate of drug-likeness (QED) is 0.574. The highest BCUT2D eigenvalue weighted by molar-refractivity contribution is 6.74. The summed E-state index contributed by atoms with van der Waals surface area (Å²) in [5.41, 5.74) is -0.432. The fraction of sp³-hybridized carbons (Fsp3) is 0.938. The molecule has 5 heteroatoms. The number of rotatable bonds is 7. The normalized spacial score (nSPS) is 14.9. The van der Waals surface area contributed by atoms with E-state index in [0.29, 0.717) is 6.61 Å². The summed E-state index contributed by atoms with van der Waals surface area (Å²) in [6.07, 6.45) is 0.928. The van der Waals surface area contributed by atoms with Gasteiger partial charge in [-0.05, 0) is 45.3 Å². The lowest BCUT2D eigenvalue weighted by Gasteiger charge is -2.37. The van der Waals surface area contributed by atoms with Crippen molar-refractivity contribution in [3.8, 4) is 0 Å². The zero-order valence-electron chi connectivity index (χ0n) is 15.4. The van der Waals surface area contributed by atoms with Crippen molar-refractivity contribution in [3.63, 3.8) is 0 Å². The van der Waals surface area contributed by atoms with Crippen molar-refractivity contribution in [2.24, 2.45) is 0 Å². The standard InChI is InChI=1S/C16H35NO3Si/c1-10-13(12-19-21(8,9)16(5,6)7)17-11-14(18)20-15(2,3)4/h13,17H,10-12H2,1-9H3. The molecule has 21 heavy (non-hydrogen) atoms. The van der Waals surface area contributed by atoms with Gasteiger partial charge in [0.25, 0.3) is 0 Å². The molecule has 0 bridgehead atoms. The minimum absolute atomic E-state index is 0.187. The van der Waals surface area contributed by atoms with Crippen LogP contribution in [0.5, 0.6) is 0 Å². The lowest BCUT2D eigenvalue weighted by atomic mass is 10.2. The molecule has 0 aromatic rings. The van der Waals surface area contributed by atoms with Crippen molar-refractivity contribution in [2.75, 3.05) is 13.2 Å². The van der Waals surface area contributed by atoms with Crippen LogP contribution in [0.25, 0.3) is 0 Å². The van der Waals surface area contributed by atoms with Gasteiger partial charge in [-0.2, -0.15) is 0 Å². The Balaban J connectivity index is 4.28. The smallest absolute Gasteiger partial charge is 0.320 e. The molecule has 1 N–H and O–H groups in total. The number of nitrogens with one attached hydrogen (secondary N) is 1. The van der Waals surface area contributed by atoms with Crippen molar-refractivity contribution < 1.29 is 14.0 Å². The highest BCUT2D eigenvalue weighted by Crippen LogP contribution is 2.36. The summed E-state index contributed by atoms with van der Waals surface area (Å²) in [7, 11) is -1.73. The van der Waals surface area contributed by atoms with E-state index in [9.17, 15) is 4.79 Å². The largest absolute Gasteiger partial charge is 0.459 e. The first kappa shape index (κ1) is 20.6. The fourth-order valence-electron chi connectivity index (χ4n) is 1.45. The Kier molecular flexibility index (Phi) is 7.60. The molecule has 1 atom stereocenters. The molecule has 1 unspecified atom stereocenters. The van der Waals surface area contributed by atoms with E-state index < -0.39 is 13.9 Å². The van der Waals surface area contributed by atoms with Crippen LogP contribution in [0.2, 0.25) is 18.1 Å². The van der Waals surface area contributed by atoms with Crippen molar-refractivity contribution in [1.29, 1.82) is 0 Å². The third-order valence-corrected chi connectivity index (χ3v) is 8.40. The van der Waals surface area contributed by atoms with E-state index in [4.69, 9.17) is 9.16 Å². The lowest BCUT2D eigenvalue weighted by Crippen LogP contribution is -2.46. The summed E-state index contributed by atoms with van der Waals surface area (Å²) < 4.78 is 11.5. The second kappa shape index (κ2) is 7.74. The van der Waals surface area contributed by atoms with Crippen LogP contribution in [0, 0.1) is 0 Å². The molecular weight excluding hydrogens is 282 g/mol. The van der Waals surface area contributed by atoms with Crippen LogP contribution in [0.3, 0.4) is 0 Å². The molecular formula is C16H35NO3Si. The van der Waals surface area contributed by atoms with Crippen molar-refractivity contribution in [3.05, 3.63) is 0 Å². The highest BCUT2D eigenvalue weighted by atomic mass is 28.4. The maximum absolute atomic E-state index is 11.7. The predicted molar refractivity (Wildman–Crippen MR) is 91.1 cm³/mol. The summed E-state index contributed by atoms with van der Waals surface area (Å²) in [5.74, 6) is -0.215. The third-order valence-electron chi connectivity index (χ3n) is 3.90. The van der Waals surface area contributed by atoms with E-state index in [1.807, 2.05) is 20.8 Å². The second-order valence-electron chi connectivity index (χ2n) is 8.14. The Bertz CT molecular complexity index is 329. The van der Waals surface area contributed by atoms with Gasteiger partial charge in [0.2, 0.25) is 0 Å². The van der Waals surface area contributed by atoms with Crippen molar-refractivity contribution in [1.82, 2.24) is 5.32 Å². The van der Waals surface area contributed by atoms with Gasteiger partial charge in [-0.1, -0.05) is 27.7 Å². The van der Waals surface area contributed by atoms with Gasteiger partial charge in [-0.15, -0.1) is 0 Å². The van der Waals surface area contributed by atoms with Gasteiger partial charge in [0.05, 0.1) is 6.54 Å². The molecule has 0 aromatic heterocycles. The van der Waals surface area contributed by atoms with Gasteiger partial charge in [-0.3, -0.25) is 4.79 Å². The number of carbonyl (C=O) groups excluding carboxylic acids is 1. The number of esters is 1. The average Bonchev–Trinajstić information content (AvgIpc) is 2.25. The van der Waals surface area contributed by atoms with E-state index in [1.165, 1.54) is 0 Å². The van der Waals surface area contributed by atoms with Gasteiger partial charge < -0.3 is 14.5 Å². The molecule has 0 saturated heterocycles. The molecule has 0 aliphatic heterocycles. The number of hydrogen-bond donors (Lipinski definition) is 1. The van der Waals surface area contributed by atoms with Crippen LogP contribution >= 0.6 is 0 Å². The number of ether oxygens (including phenoxy) is 1. The van der Waals surface area contributed by atoms with E-state index in [0.717, 1.165) is 6.42 Å². The zero-order chi connectivity index (χ0) is 16.9. The Morgan fingerprint density at radius 2 is 1.67 bits per heavy atom. The Labute approximate surface area is 132 Å². The molecule has 0 radical (unpaired) electrons. The summed E-state index contributed by atoms with van der Waals surface area (Å²) in [5, 5.41) is 3.44. The highest BCUT2D eigenvalue weighted by Gasteiger charge is 2.37. The van der Waals surface area contributed by atoms with Gasteiger partial charge in [0.1, 0.15) is 5.60 Å². The van der Waals surface area contributed by atoms with Gasteiger partial charge >= 0.3 is 5.97 Å².